The number of aryl methyl sites for hydroxylation is 2. The first-order valence-corrected chi connectivity index (χ1v) is 8.22. The summed E-state index contributed by atoms with van der Waals surface area (Å²) < 4.78 is 27.6. The van der Waals surface area contributed by atoms with Gasteiger partial charge in [0.05, 0.1) is 10.6 Å². The van der Waals surface area contributed by atoms with E-state index in [0.717, 1.165) is 22.3 Å². The van der Waals surface area contributed by atoms with E-state index in [0.29, 0.717) is 12.2 Å². The predicted molar refractivity (Wildman–Crippen MR) is 85.8 cm³/mol. The summed E-state index contributed by atoms with van der Waals surface area (Å²) in [7, 11) is -3.61. The van der Waals surface area contributed by atoms with Crippen LogP contribution in [0.2, 0.25) is 0 Å². The molecule has 4 nitrogen and oxygen atoms in total. The number of rotatable bonds is 4. The van der Waals surface area contributed by atoms with Crippen molar-refractivity contribution in [2.45, 2.75) is 32.2 Å². The molecule has 0 aromatic heterocycles. The van der Waals surface area contributed by atoms with Crippen LogP contribution in [0.4, 0.5) is 5.69 Å². The van der Waals surface area contributed by atoms with Crippen LogP contribution in [-0.4, -0.2) is 8.42 Å². The molecule has 0 aliphatic carbocycles. The molecule has 2 aromatic rings. The van der Waals surface area contributed by atoms with Gasteiger partial charge in [0.2, 0.25) is 0 Å². The first-order chi connectivity index (χ1) is 9.85. The number of nitrogens with one attached hydrogen (secondary N) is 1. The first kappa shape index (κ1) is 15.5. The molecular formula is C16H20N2O2S. The Morgan fingerprint density at radius 1 is 1.05 bits per heavy atom. The molecule has 0 atom stereocenters. The van der Waals surface area contributed by atoms with Gasteiger partial charge >= 0.3 is 0 Å². The summed E-state index contributed by atoms with van der Waals surface area (Å²) in [5, 5.41) is 0. The maximum atomic E-state index is 12.5. The second kappa shape index (κ2) is 5.87. The third kappa shape index (κ3) is 3.25. The zero-order chi connectivity index (χ0) is 15.6. The molecule has 0 radical (unpaired) electrons. The minimum absolute atomic E-state index is 0.231. The van der Waals surface area contributed by atoms with Crippen LogP contribution in [0.5, 0.6) is 0 Å². The number of benzene rings is 2. The summed E-state index contributed by atoms with van der Waals surface area (Å²) in [6.07, 6.45) is 0. The van der Waals surface area contributed by atoms with Crippen LogP contribution in [0.25, 0.3) is 0 Å². The lowest BCUT2D eigenvalue weighted by atomic mass is 10.1. The van der Waals surface area contributed by atoms with E-state index in [1.807, 2.05) is 32.9 Å². The van der Waals surface area contributed by atoms with Gasteiger partial charge in [-0.1, -0.05) is 18.2 Å². The fraction of sp³-hybridized carbons (Fsp3) is 0.250. The van der Waals surface area contributed by atoms with Gasteiger partial charge in [-0.25, -0.2) is 8.42 Å². The Morgan fingerprint density at radius 3 is 2.43 bits per heavy atom. The fourth-order valence-electron chi connectivity index (χ4n) is 2.10. The molecule has 0 bridgehead atoms. The van der Waals surface area contributed by atoms with Crippen molar-refractivity contribution in [3.05, 3.63) is 58.7 Å². The Kier molecular flexibility index (Phi) is 4.34. The third-order valence-electron chi connectivity index (χ3n) is 3.70. The summed E-state index contributed by atoms with van der Waals surface area (Å²) >= 11 is 0. The SMILES string of the molecule is Cc1ccc(S(=O)(=O)Nc2cccc(C)c2C)cc1CN. The molecule has 0 aliphatic rings. The van der Waals surface area contributed by atoms with Crippen molar-refractivity contribution in [2.24, 2.45) is 5.73 Å². The summed E-state index contributed by atoms with van der Waals surface area (Å²) in [5.41, 5.74) is 10.0. The van der Waals surface area contributed by atoms with Gasteiger partial charge in [0.1, 0.15) is 0 Å². The van der Waals surface area contributed by atoms with E-state index in [2.05, 4.69) is 4.72 Å². The predicted octanol–water partition coefficient (Wildman–Crippen LogP) is 2.87. The zero-order valence-electron chi connectivity index (χ0n) is 12.5. The molecule has 3 N–H and O–H groups in total. The molecule has 21 heavy (non-hydrogen) atoms. The summed E-state index contributed by atoms with van der Waals surface area (Å²) in [6, 6.07) is 10.6. The molecule has 0 saturated heterocycles. The Balaban J connectivity index is 2.41. The summed E-state index contributed by atoms with van der Waals surface area (Å²) in [4.78, 5) is 0.231. The summed E-state index contributed by atoms with van der Waals surface area (Å²) in [5.74, 6) is 0. The van der Waals surface area contributed by atoms with E-state index in [9.17, 15) is 8.42 Å². The van der Waals surface area contributed by atoms with Crippen molar-refractivity contribution in [1.29, 1.82) is 0 Å². The van der Waals surface area contributed by atoms with Gasteiger partial charge in [-0.15, -0.1) is 0 Å². The van der Waals surface area contributed by atoms with E-state index in [4.69, 9.17) is 5.73 Å². The highest BCUT2D eigenvalue weighted by atomic mass is 32.2. The van der Waals surface area contributed by atoms with Gasteiger partial charge in [0.25, 0.3) is 10.0 Å². The molecule has 2 rings (SSSR count). The minimum Gasteiger partial charge on any atom is -0.326 e. The molecule has 0 amide bonds. The lowest BCUT2D eigenvalue weighted by Gasteiger charge is -2.13. The Bertz CT molecular complexity index is 768. The number of hydrogen-bond acceptors (Lipinski definition) is 3. The average molecular weight is 304 g/mol. The molecule has 0 spiro atoms. The zero-order valence-corrected chi connectivity index (χ0v) is 13.3. The lowest BCUT2D eigenvalue weighted by Crippen LogP contribution is -2.15. The molecular weight excluding hydrogens is 284 g/mol. The fourth-order valence-corrected chi connectivity index (χ4v) is 3.27. The summed E-state index contributed by atoms with van der Waals surface area (Å²) in [6.45, 7) is 6.08. The minimum atomic E-state index is -3.61. The normalized spacial score (nSPS) is 11.4. The van der Waals surface area contributed by atoms with Crippen LogP contribution in [0.1, 0.15) is 22.3 Å². The first-order valence-electron chi connectivity index (χ1n) is 6.74. The van der Waals surface area contributed by atoms with Crippen molar-refractivity contribution < 1.29 is 8.42 Å². The Morgan fingerprint density at radius 2 is 1.76 bits per heavy atom. The van der Waals surface area contributed by atoms with Crippen LogP contribution >= 0.6 is 0 Å². The van der Waals surface area contributed by atoms with Crippen LogP contribution in [0, 0.1) is 20.8 Å². The van der Waals surface area contributed by atoms with Crippen molar-refractivity contribution in [3.8, 4) is 0 Å². The van der Waals surface area contributed by atoms with Gasteiger partial charge in [0.15, 0.2) is 0 Å². The highest BCUT2D eigenvalue weighted by molar-refractivity contribution is 7.92. The van der Waals surface area contributed by atoms with Gasteiger partial charge in [0, 0.05) is 6.54 Å². The van der Waals surface area contributed by atoms with Gasteiger partial charge in [-0.2, -0.15) is 0 Å². The second-order valence-electron chi connectivity index (χ2n) is 5.15. The smallest absolute Gasteiger partial charge is 0.261 e. The van der Waals surface area contributed by atoms with E-state index in [1.165, 1.54) is 0 Å². The van der Waals surface area contributed by atoms with Crippen LogP contribution in [0.3, 0.4) is 0 Å². The number of anilines is 1. The third-order valence-corrected chi connectivity index (χ3v) is 5.06. The lowest BCUT2D eigenvalue weighted by molar-refractivity contribution is 0.601. The highest BCUT2D eigenvalue weighted by Gasteiger charge is 2.16. The molecule has 2 aromatic carbocycles. The van der Waals surface area contributed by atoms with Crippen molar-refractivity contribution in [1.82, 2.24) is 0 Å². The highest BCUT2D eigenvalue weighted by Crippen LogP contribution is 2.23. The van der Waals surface area contributed by atoms with E-state index < -0.39 is 10.0 Å². The van der Waals surface area contributed by atoms with Crippen molar-refractivity contribution >= 4 is 15.7 Å². The largest absolute Gasteiger partial charge is 0.326 e. The van der Waals surface area contributed by atoms with Gasteiger partial charge in [-0.05, 0) is 61.2 Å². The molecule has 5 heteroatoms. The topological polar surface area (TPSA) is 72.2 Å². The maximum Gasteiger partial charge on any atom is 0.261 e. The maximum absolute atomic E-state index is 12.5. The standard InChI is InChI=1S/C16H20N2O2S/c1-11-5-4-6-16(13(11)3)18-21(19,20)15-8-7-12(2)14(9-15)10-17/h4-9,18H,10,17H2,1-3H3. The number of nitrogens with two attached hydrogens (primary N) is 1. The van der Waals surface area contributed by atoms with Crippen LogP contribution in [0.15, 0.2) is 41.3 Å². The van der Waals surface area contributed by atoms with E-state index in [-0.39, 0.29) is 4.90 Å². The van der Waals surface area contributed by atoms with Crippen LogP contribution < -0.4 is 10.5 Å². The van der Waals surface area contributed by atoms with E-state index >= 15 is 0 Å². The molecule has 0 unspecified atom stereocenters. The number of hydrogen-bond donors (Lipinski definition) is 2. The molecule has 0 fully saturated rings. The quantitative estimate of drug-likeness (QED) is 0.912. The van der Waals surface area contributed by atoms with Crippen LogP contribution in [-0.2, 0) is 16.6 Å². The molecule has 112 valence electrons. The molecule has 0 aliphatic heterocycles. The van der Waals surface area contributed by atoms with E-state index in [1.54, 1.807) is 24.3 Å². The molecule has 0 heterocycles. The molecule has 0 saturated carbocycles. The van der Waals surface area contributed by atoms with Gasteiger partial charge in [-0.3, -0.25) is 4.72 Å². The monoisotopic (exact) mass is 304 g/mol. The van der Waals surface area contributed by atoms with Crippen molar-refractivity contribution in [2.75, 3.05) is 4.72 Å². The average Bonchev–Trinajstić information content (AvgIpc) is 2.44. The second-order valence-corrected chi connectivity index (χ2v) is 6.83. The Labute approximate surface area is 126 Å². The number of sulfonamides is 1. The van der Waals surface area contributed by atoms with Gasteiger partial charge < -0.3 is 5.73 Å². The Hall–Kier alpha value is -1.85. The van der Waals surface area contributed by atoms with Crippen molar-refractivity contribution in [3.63, 3.8) is 0 Å².